The standard InChI is InChI=1S/C18H23N3O4S/c1-4-7-12(2)19-16(22)10-24-18(23)14-8-5-6-9-15(14)26-11-17-20-13(3)21-25-17/h5-6,8-9,12H,4,7,10-11H2,1-3H3,(H,19,22). The molecule has 0 aliphatic rings. The zero-order chi connectivity index (χ0) is 18.9. The molecule has 1 N–H and O–H groups in total. The van der Waals surface area contributed by atoms with Crippen LogP contribution in [0.15, 0.2) is 33.7 Å². The summed E-state index contributed by atoms with van der Waals surface area (Å²) >= 11 is 1.40. The summed E-state index contributed by atoms with van der Waals surface area (Å²) in [6.45, 7) is 5.42. The molecule has 140 valence electrons. The summed E-state index contributed by atoms with van der Waals surface area (Å²) in [6, 6.07) is 7.12. The molecule has 7 nitrogen and oxygen atoms in total. The van der Waals surface area contributed by atoms with Crippen molar-refractivity contribution in [2.45, 2.75) is 50.3 Å². The second-order valence-corrected chi connectivity index (χ2v) is 6.87. The highest BCUT2D eigenvalue weighted by Gasteiger charge is 2.16. The van der Waals surface area contributed by atoms with E-state index < -0.39 is 5.97 Å². The highest BCUT2D eigenvalue weighted by Crippen LogP contribution is 2.26. The van der Waals surface area contributed by atoms with Crippen LogP contribution in [0.2, 0.25) is 0 Å². The first-order valence-corrected chi connectivity index (χ1v) is 9.45. The number of thioether (sulfide) groups is 1. The molecule has 1 unspecified atom stereocenters. The normalized spacial score (nSPS) is 11.8. The van der Waals surface area contributed by atoms with Gasteiger partial charge in [-0.1, -0.05) is 30.6 Å². The van der Waals surface area contributed by atoms with Gasteiger partial charge in [0, 0.05) is 10.9 Å². The first-order chi connectivity index (χ1) is 12.5. The Morgan fingerprint density at radius 1 is 1.35 bits per heavy atom. The van der Waals surface area contributed by atoms with Gasteiger partial charge in [-0.25, -0.2) is 4.79 Å². The van der Waals surface area contributed by atoms with E-state index in [1.807, 2.05) is 26.0 Å². The van der Waals surface area contributed by atoms with Crippen LogP contribution in [0, 0.1) is 6.92 Å². The Bertz CT molecular complexity index is 748. The Morgan fingerprint density at radius 2 is 2.12 bits per heavy atom. The van der Waals surface area contributed by atoms with E-state index in [-0.39, 0.29) is 18.6 Å². The van der Waals surface area contributed by atoms with Gasteiger partial charge < -0.3 is 14.6 Å². The number of aromatic nitrogens is 2. The lowest BCUT2D eigenvalue weighted by atomic mass is 10.2. The Balaban J connectivity index is 1.91. The van der Waals surface area contributed by atoms with Crippen molar-refractivity contribution >= 4 is 23.6 Å². The number of benzene rings is 1. The molecule has 1 aromatic heterocycles. The van der Waals surface area contributed by atoms with E-state index >= 15 is 0 Å². The molecular weight excluding hydrogens is 354 g/mol. The molecule has 26 heavy (non-hydrogen) atoms. The van der Waals surface area contributed by atoms with Gasteiger partial charge in [0.1, 0.15) is 0 Å². The highest BCUT2D eigenvalue weighted by molar-refractivity contribution is 7.98. The maximum Gasteiger partial charge on any atom is 0.339 e. The molecule has 0 aliphatic heterocycles. The molecule has 2 rings (SSSR count). The third-order valence-electron chi connectivity index (χ3n) is 3.49. The molecule has 1 heterocycles. The van der Waals surface area contributed by atoms with Crippen molar-refractivity contribution in [2.24, 2.45) is 0 Å². The van der Waals surface area contributed by atoms with Crippen LogP contribution in [0.25, 0.3) is 0 Å². The van der Waals surface area contributed by atoms with Crippen LogP contribution in [-0.4, -0.2) is 34.7 Å². The van der Waals surface area contributed by atoms with Gasteiger partial charge in [0.05, 0.1) is 11.3 Å². The fourth-order valence-electron chi connectivity index (χ4n) is 2.33. The number of rotatable bonds is 9. The first-order valence-electron chi connectivity index (χ1n) is 8.47. The zero-order valence-electron chi connectivity index (χ0n) is 15.2. The summed E-state index contributed by atoms with van der Waals surface area (Å²) in [5.74, 6) is 0.663. The summed E-state index contributed by atoms with van der Waals surface area (Å²) < 4.78 is 10.2. The summed E-state index contributed by atoms with van der Waals surface area (Å²) in [5.41, 5.74) is 0.406. The molecule has 0 spiro atoms. The number of hydrogen-bond acceptors (Lipinski definition) is 7. The van der Waals surface area contributed by atoms with E-state index in [0.717, 1.165) is 17.7 Å². The fraction of sp³-hybridized carbons (Fsp3) is 0.444. The highest BCUT2D eigenvalue weighted by atomic mass is 32.2. The largest absolute Gasteiger partial charge is 0.452 e. The minimum absolute atomic E-state index is 0.0619. The molecule has 0 aliphatic carbocycles. The van der Waals surface area contributed by atoms with Crippen LogP contribution < -0.4 is 5.32 Å². The molecule has 0 bridgehead atoms. The number of carbonyl (C=O) groups excluding carboxylic acids is 2. The molecule has 2 aromatic rings. The third kappa shape index (κ3) is 6.18. The van der Waals surface area contributed by atoms with Crippen molar-refractivity contribution in [3.05, 3.63) is 41.5 Å². The average Bonchev–Trinajstić information content (AvgIpc) is 3.03. The first kappa shape index (κ1) is 20.0. The topological polar surface area (TPSA) is 94.3 Å². The van der Waals surface area contributed by atoms with E-state index in [0.29, 0.717) is 23.0 Å². The zero-order valence-corrected chi connectivity index (χ0v) is 16.0. The lowest BCUT2D eigenvalue weighted by molar-refractivity contribution is -0.124. The average molecular weight is 377 g/mol. The number of ether oxygens (including phenoxy) is 1. The van der Waals surface area contributed by atoms with Gasteiger partial charge >= 0.3 is 5.97 Å². The minimum atomic E-state index is -0.534. The summed E-state index contributed by atoms with van der Waals surface area (Å²) in [7, 11) is 0. The van der Waals surface area contributed by atoms with E-state index in [1.165, 1.54) is 11.8 Å². The molecule has 1 aromatic carbocycles. The van der Waals surface area contributed by atoms with Crippen LogP contribution >= 0.6 is 11.8 Å². The van der Waals surface area contributed by atoms with Crippen molar-refractivity contribution in [1.82, 2.24) is 15.5 Å². The van der Waals surface area contributed by atoms with Crippen molar-refractivity contribution in [3.63, 3.8) is 0 Å². The molecule has 0 saturated heterocycles. The van der Waals surface area contributed by atoms with Gasteiger partial charge in [-0.2, -0.15) is 4.98 Å². The Hall–Kier alpha value is -2.35. The molecule has 0 fully saturated rings. The SMILES string of the molecule is CCCC(C)NC(=O)COC(=O)c1ccccc1SCc1nc(C)no1. The van der Waals surface area contributed by atoms with Crippen LogP contribution in [0.5, 0.6) is 0 Å². The summed E-state index contributed by atoms with van der Waals surface area (Å²) in [6.07, 6.45) is 1.86. The maximum absolute atomic E-state index is 12.3. The molecule has 8 heteroatoms. The van der Waals surface area contributed by atoms with E-state index in [1.54, 1.807) is 19.1 Å². The van der Waals surface area contributed by atoms with E-state index in [4.69, 9.17) is 9.26 Å². The van der Waals surface area contributed by atoms with Crippen LogP contribution in [0.4, 0.5) is 0 Å². The van der Waals surface area contributed by atoms with Crippen LogP contribution in [0.3, 0.4) is 0 Å². The lowest BCUT2D eigenvalue weighted by Gasteiger charge is -2.13. The smallest absolute Gasteiger partial charge is 0.339 e. The van der Waals surface area contributed by atoms with Gasteiger partial charge in [0.2, 0.25) is 5.89 Å². The number of nitrogens with one attached hydrogen (secondary N) is 1. The summed E-state index contributed by atoms with van der Waals surface area (Å²) in [4.78, 5) is 29.0. The summed E-state index contributed by atoms with van der Waals surface area (Å²) in [5, 5.41) is 6.54. The van der Waals surface area contributed by atoms with Crippen molar-refractivity contribution in [1.29, 1.82) is 0 Å². The molecule has 1 atom stereocenters. The Kier molecular flexibility index (Phi) is 7.65. The predicted molar refractivity (Wildman–Crippen MR) is 97.8 cm³/mol. The minimum Gasteiger partial charge on any atom is -0.452 e. The van der Waals surface area contributed by atoms with Gasteiger partial charge in [-0.15, -0.1) is 11.8 Å². The van der Waals surface area contributed by atoms with Gasteiger partial charge in [0.25, 0.3) is 5.91 Å². The number of esters is 1. The second kappa shape index (κ2) is 9.96. The number of hydrogen-bond donors (Lipinski definition) is 1. The lowest BCUT2D eigenvalue weighted by Crippen LogP contribution is -2.35. The molecule has 0 radical (unpaired) electrons. The number of nitrogens with zero attached hydrogens (tertiary/aromatic N) is 2. The van der Waals surface area contributed by atoms with E-state index in [2.05, 4.69) is 15.5 Å². The number of aryl methyl sites for hydroxylation is 1. The molecule has 0 saturated carbocycles. The molecular formula is C18H23N3O4S. The quantitative estimate of drug-likeness (QED) is 0.530. The maximum atomic E-state index is 12.3. The monoisotopic (exact) mass is 377 g/mol. The Labute approximate surface area is 156 Å². The third-order valence-corrected chi connectivity index (χ3v) is 4.55. The predicted octanol–water partition coefficient (Wildman–Crippen LogP) is 3.13. The van der Waals surface area contributed by atoms with Crippen LogP contribution in [-0.2, 0) is 15.3 Å². The number of amides is 1. The van der Waals surface area contributed by atoms with Crippen molar-refractivity contribution < 1.29 is 18.8 Å². The van der Waals surface area contributed by atoms with Gasteiger partial charge in [-0.3, -0.25) is 4.79 Å². The van der Waals surface area contributed by atoms with Gasteiger partial charge in [0.15, 0.2) is 12.4 Å². The molecule has 1 amide bonds. The van der Waals surface area contributed by atoms with Crippen molar-refractivity contribution in [2.75, 3.05) is 6.61 Å². The van der Waals surface area contributed by atoms with E-state index in [9.17, 15) is 9.59 Å². The number of carbonyl (C=O) groups is 2. The van der Waals surface area contributed by atoms with Crippen molar-refractivity contribution in [3.8, 4) is 0 Å². The Morgan fingerprint density at radius 3 is 2.81 bits per heavy atom. The second-order valence-electron chi connectivity index (χ2n) is 5.85. The van der Waals surface area contributed by atoms with Crippen LogP contribution in [0.1, 0.15) is 48.8 Å². The fourth-order valence-corrected chi connectivity index (χ4v) is 3.21. The van der Waals surface area contributed by atoms with Gasteiger partial charge in [-0.05, 0) is 32.4 Å².